The van der Waals surface area contributed by atoms with E-state index in [4.69, 9.17) is 0 Å². The summed E-state index contributed by atoms with van der Waals surface area (Å²) in [7, 11) is 1.91. The molecule has 10 heteroatoms. The number of guanidine groups is 1. The maximum absolute atomic E-state index is 12.7. The van der Waals surface area contributed by atoms with Gasteiger partial charge in [-0.15, -0.1) is 10.2 Å². The Balaban J connectivity index is 1.64. The molecule has 0 radical (unpaired) electrons. The van der Waals surface area contributed by atoms with E-state index >= 15 is 0 Å². The Morgan fingerprint density at radius 3 is 2.83 bits per heavy atom. The number of aromatic nitrogens is 3. The van der Waals surface area contributed by atoms with Crippen LogP contribution in [0.15, 0.2) is 29.3 Å². The molecule has 1 aliphatic rings. The quantitative estimate of drug-likeness (QED) is 0.540. The molecule has 29 heavy (non-hydrogen) atoms. The van der Waals surface area contributed by atoms with Crippen LogP contribution in [0.5, 0.6) is 5.75 Å². The van der Waals surface area contributed by atoms with E-state index in [1.807, 2.05) is 36.4 Å². The summed E-state index contributed by atoms with van der Waals surface area (Å²) >= 11 is 0. The first-order valence-electron chi connectivity index (χ1n) is 9.66. The van der Waals surface area contributed by atoms with Crippen LogP contribution in [0.4, 0.5) is 14.5 Å². The van der Waals surface area contributed by atoms with Gasteiger partial charge in [-0.25, -0.2) is 4.99 Å². The van der Waals surface area contributed by atoms with Crippen molar-refractivity contribution < 1.29 is 13.5 Å². The molecule has 3 rings (SSSR count). The molecule has 1 unspecified atom stereocenters. The minimum atomic E-state index is -2.84. The average Bonchev–Trinajstić information content (AvgIpc) is 3.27. The van der Waals surface area contributed by atoms with Gasteiger partial charge in [0.1, 0.15) is 18.1 Å². The second-order valence-corrected chi connectivity index (χ2v) is 6.84. The molecule has 0 saturated carbocycles. The maximum Gasteiger partial charge on any atom is 0.387 e. The second kappa shape index (κ2) is 9.53. The molecule has 2 N–H and O–H groups in total. The number of aliphatic imine (C=N–C) groups is 1. The first-order chi connectivity index (χ1) is 14.0. The highest BCUT2D eigenvalue weighted by molar-refractivity contribution is 5.80. The molecule has 2 heterocycles. The molecule has 1 atom stereocenters. The minimum Gasteiger partial charge on any atom is -0.433 e. The van der Waals surface area contributed by atoms with Crippen LogP contribution in [0.1, 0.15) is 25.0 Å². The zero-order valence-corrected chi connectivity index (χ0v) is 16.9. The summed E-state index contributed by atoms with van der Waals surface area (Å²) in [5.41, 5.74) is 0.675. The summed E-state index contributed by atoms with van der Waals surface area (Å²) in [4.78, 5) is 6.65. The first-order valence-corrected chi connectivity index (χ1v) is 9.66. The number of aryl methyl sites for hydroxylation is 1. The fraction of sp³-hybridized carbons (Fsp3) is 0.526. The molecule has 2 aromatic rings. The second-order valence-electron chi connectivity index (χ2n) is 6.84. The van der Waals surface area contributed by atoms with Crippen molar-refractivity contribution in [1.29, 1.82) is 0 Å². The Bertz CT molecular complexity index is 840. The topological polar surface area (TPSA) is 79.6 Å². The lowest BCUT2D eigenvalue weighted by Crippen LogP contribution is -2.44. The lowest BCUT2D eigenvalue weighted by atomic mass is 10.2. The molecule has 8 nitrogen and oxygen atoms in total. The van der Waals surface area contributed by atoms with Crippen LogP contribution in [0.2, 0.25) is 0 Å². The Hall–Kier alpha value is -2.91. The van der Waals surface area contributed by atoms with Crippen LogP contribution in [0.25, 0.3) is 0 Å². The van der Waals surface area contributed by atoms with Crippen molar-refractivity contribution in [3.63, 3.8) is 0 Å². The largest absolute Gasteiger partial charge is 0.433 e. The van der Waals surface area contributed by atoms with Crippen molar-refractivity contribution in [3.05, 3.63) is 35.9 Å². The number of anilines is 1. The molecule has 1 saturated heterocycles. The third-order valence-electron chi connectivity index (χ3n) is 4.86. The standard InChI is InChI=1S/C19H27F2N7O/c1-4-22-19(23-11-17-26-25-13(2)27(17)3)24-14-9-10-28(12-14)15-7-5-6-8-16(15)29-18(20)21/h5-8,14,18H,4,9-12H2,1-3H3,(H2,22,23,24). The van der Waals surface area contributed by atoms with Crippen molar-refractivity contribution in [3.8, 4) is 5.75 Å². The zero-order chi connectivity index (χ0) is 20.8. The number of ether oxygens (including phenoxy) is 1. The van der Waals surface area contributed by atoms with E-state index in [0.717, 1.165) is 31.2 Å². The van der Waals surface area contributed by atoms with E-state index < -0.39 is 6.61 Å². The molecule has 0 bridgehead atoms. The summed E-state index contributed by atoms with van der Waals surface area (Å²) in [5.74, 6) is 2.51. The molecular weight excluding hydrogens is 380 g/mol. The molecule has 1 aromatic carbocycles. The van der Waals surface area contributed by atoms with Gasteiger partial charge in [0.05, 0.1) is 5.69 Å². The van der Waals surface area contributed by atoms with E-state index in [0.29, 0.717) is 24.7 Å². The molecule has 0 aliphatic carbocycles. The van der Waals surface area contributed by atoms with Crippen LogP contribution < -0.4 is 20.3 Å². The van der Waals surface area contributed by atoms with Crippen LogP contribution in [0, 0.1) is 6.92 Å². The van der Waals surface area contributed by atoms with Crippen LogP contribution in [0.3, 0.4) is 0 Å². The highest BCUT2D eigenvalue weighted by atomic mass is 19.3. The van der Waals surface area contributed by atoms with E-state index in [9.17, 15) is 8.78 Å². The number of benzene rings is 1. The van der Waals surface area contributed by atoms with E-state index in [1.54, 1.807) is 18.2 Å². The summed E-state index contributed by atoms with van der Waals surface area (Å²) in [6.07, 6.45) is 0.858. The van der Waals surface area contributed by atoms with Gasteiger partial charge in [0.15, 0.2) is 11.8 Å². The van der Waals surface area contributed by atoms with Crippen molar-refractivity contribution in [2.45, 2.75) is 39.5 Å². The summed E-state index contributed by atoms with van der Waals surface area (Å²) < 4.78 is 31.9. The SMILES string of the molecule is CCNC(=NCc1nnc(C)n1C)NC1CCN(c2ccccc2OC(F)F)C1. The first kappa shape index (κ1) is 20.8. The number of hydrogen-bond donors (Lipinski definition) is 2. The fourth-order valence-corrected chi connectivity index (χ4v) is 3.26. The minimum absolute atomic E-state index is 0.133. The van der Waals surface area contributed by atoms with E-state index in [2.05, 4.69) is 30.6 Å². The number of nitrogens with one attached hydrogen (secondary N) is 2. The van der Waals surface area contributed by atoms with Gasteiger partial charge in [-0.2, -0.15) is 8.78 Å². The van der Waals surface area contributed by atoms with Gasteiger partial charge in [0.2, 0.25) is 0 Å². The third-order valence-corrected chi connectivity index (χ3v) is 4.86. The number of rotatable bonds is 7. The molecule has 1 aliphatic heterocycles. The normalized spacial score (nSPS) is 17.1. The molecule has 0 spiro atoms. The number of halogens is 2. The number of hydrogen-bond acceptors (Lipinski definition) is 5. The lowest BCUT2D eigenvalue weighted by molar-refractivity contribution is -0.0495. The van der Waals surface area contributed by atoms with Crippen molar-refractivity contribution in [2.75, 3.05) is 24.5 Å². The Morgan fingerprint density at radius 2 is 2.14 bits per heavy atom. The van der Waals surface area contributed by atoms with Crippen LogP contribution in [-0.2, 0) is 13.6 Å². The van der Waals surface area contributed by atoms with Crippen LogP contribution >= 0.6 is 0 Å². The maximum atomic E-state index is 12.7. The van der Waals surface area contributed by atoms with Gasteiger partial charge in [-0.3, -0.25) is 0 Å². The average molecular weight is 407 g/mol. The number of nitrogens with zero attached hydrogens (tertiary/aromatic N) is 5. The summed E-state index contributed by atoms with van der Waals surface area (Å²) in [6, 6.07) is 7.01. The van der Waals surface area contributed by atoms with Crippen LogP contribution in [-0.4, -0.2) is 53.0 Å². The smallest absolute Gasteiger partial charge is 0.387 e. The Kier molecular flexibility index (Phi) is 6.84. The highest BCUT2D eigenvalue weighted by Gasteiger charge is 2.26. The predicted molar refractivity (Wildman–Crippen MR) is 107 cm³/mol. The predicted octanol–water partition coefficient (Wildman–Crippen LogP) is 2.06. The van der Waals surface area contributed by atoms with Gasteiger partial charge < -0.3 is 24.8 Å². The Labute approximate surface area is 169 Å². The fourth-order valence-electron chi connectivity index (χ4n) is 3.26. The van der Waals surface area contributed by atoms with Crippen molar-refractivity contribution in [1.82, 2.24) is 25.4 Å². The van der Waals surface area contributed by atoms with Gasteiger partial charge >= 0.3 is 6.61 Å². The summed E-state index contributed by atoms with van der Waals surface area (Å²) in [5, 5.41) is 14.8. The van der Waals surface area contributed by atoms with Crippen molar-refractivity contribution >= 4 is 11.6 Å². The van der Waals surface area contributed by atoms with Gasteiger partial charge in [-0.1, -0.05) is 12.1 Å². The molecule has 0 amide bonds. The zero-order valence-electron chi connectivity index (χ0n) is 16.9. The number of alkyl halides is 2. The number of para-hydroxylation sites is 2. The highest BCUT2D eigenvalue weighted by Crippen LogP contribution is 2.31. The molecular formula is C19H27F2N7O. The third kappa shape index (κ3) is 5.33. The molecule has 1 aromatic heterocycles. The summed E-state index contributed by atoms with van der Waals surface area (Å²) in [6.45, 7) is 3.60. The van der Waals surface area contributed by atoms with Crippen molar-refractivity contribution in [2.24, 2.45) is 12.0 Å². The molecule has 158 valence electrons. The lowest BCUT2D eigenvalue weighted by Gasteiger charge is -2.22. The Morgan fingerprint density at radius 1 is 1.34 bits per heavy atom. The van der Waals surface area contributed by atoms with E-state index in [-0.39, 0.29) is 11.8 Å². The van der Waals surface area contributed by atoms with E-state index in [1.165, 1.54) is 0 Å². The van der Waals surface area contributed by atoms with Gasteiger partial charge in [0.25, 0.3) is 0 Å². The van der Waals surface area contributed by atoms with Gasteiger partial charge in [0, 0.05) is 32.7 Å². The monoisotopic (exact) mass is 407 g/mol. The van der Waals surface area contributed by atoms with Gasteiger partial charge in [-0.05, 0) is 32.4 Å². The molecule has 1 fully saturated rings.